The lowest BCUT2D eigenvalue weighted by Gasteiger charge is -2.12. The van der Waals surface area contributed by atoms with Crippen molar-refractivity contribution in [2.75, 3.05) is 6.26 Å². The molecule has 0 aliphatic rings. The molecule has 1 heterocycles. The van der Waals surface area contributed by atoms with Crippen LogP contribution in [0.3, 0.4) is 0 Å². The van der Waals surface area contributed by atoms with Gasteiger partial charge >= 0.3 is 0 Å². The lowest BCUT2D eigenvalue weighted by molar-refractivity contribution is 0.0977. The van der Waals surface area contributed by atoms with E-state index in [1.165, 1.54) is 4.72 Å². The molecule has 2 aromatic rings. The Morgan fingerprint density at radius 2 is 1.78 bits per heavy atom. The number of hydrogen-bond acceptors (Lipinski definition) is 6. The second-order valence-corrected chi connectivity index (χ2v) is 7.44. The quantitative estimate of drug-likeness (QED) is 0.796. The Morgan fingerprint density at radius 3 is 2.33 bits per heavy atom. The number of halogens is 3. The molecule has 1 N–H and O–H groups in total. The summed E-state index contributed by atoms with van der Waals surface area (Å²) in [6, 6.07) is 1.86. The molecule has 0 unspecified atom stereocenters. The molecule has 0 radical (unpaired) electrons. The molecule has 0 aliphatic heterocycles. The first kappa shape index (κ1) is 20.5. The van der Waals surface area contributed by atoms with Gasteiger partial charge in [0.25, 0.3) is 11.8 Å². The largest absolute Gasteiger partial charge is 0.473 e. The number of amides is 1. The van der Waals surface area contributed by atoms with Crippen LogP contribution in [0.4, 0.5) is 13.2 Å². The van der Waals surface area contributed by atoms with Crippen molar-refractivity contribution in [1.82, 2.24) is 9.71 Å². The number of nitrogens with zero attached hydrogens (tertiary/aromatic N) is 1. The molecule has 2 rings (SSSR count). The van der Waals surface area contributed by atoms with E-state index in [0.717, 1.165) is 12.3 Å². The molecule has 1 amide bonds. The summed E-state index contributed by atoms with van der Waals surface area (Å²) in [5, 5.41) is 0. The zero-order valence-electron chi connectivity index (χ0n) is 14.4. The number of sulfonamides is 1. The van der Waals surface area contributed by atoms with Crippen LogP contribution in [0.1, 0.15) is 24.2 Å². The average molecular weight is 404 g/mol. The third-order valence-corrected chi connectivity index (χ3v) is 3.46. The minimum atomic E-state index is -3.96. The van der Waals surface area contributed by atoms with Crippen molar-refractivity contribution in [3.8, 4) is 17.4 Å². The first-order valence-corrected chi connectivity index (χ1v) is 9.36. The van der Waals surface area contributed by atoms with E-state index in [4.69, 9.17) is 9.47 Å². The number of ether oxygens (including phenoxy) is 2. The fourth-order valence-corrected chi connectivity index (χ4v) is 2.35. The van der Waals surface area contributed by atoms with Crippen LogP contribution in [0, 0.1) is 17.5 Å². The van der Waals surface area contributed by atoms with Gasteiger partial charge < -0.3 is 9.47 Å². The highest BCUT2D eigenvalue weighted by atomic mass is 32.2. The van der Waals surface area contributed by atoms with E-state index >= 15 is 0 Å². The van der Waals surface area contributed by atoms with Crippen molar-refractivity contribution in [2.24, 2.45) is 0 Å². The van der Waals surface area contributed by atoms with Crippen LogP contribution < -0.4 is 14.2 Å². The van der Waals surface area contributed by atoms with Gasteiger partial charge in [0.15, 0.2) is 17.4 Å². The predicted molar refractivity (Wildman–Crippen MR) is 88.7 cm³/mol. The lowest BCUT2D eigenvalue weighted by Crippen LogP contribution is -2.30. The molecule has 1 aromatic carbocycles. The summed E-state index contributed by atoms with van der Waals surface area (Å²) in [7, 11) is -3.96. The second-order valence-electron chi connectivity index (χ2n) is 5.69. The van der Waals surface area contributed by atoms with Crippen LogP contribution in [-0.4, -0.2) is 31.7 Å². The number of benzene rings is 1. The van der Waals surface area contributed by atoms with Crippen LogP contribution >= 0.6 is 0 Å². The highest BCUT2D eigenvalue weighted by molar-refractivity contribution is 7.89. The monoisotopic (exact) mass is 404 g/mol. The Hall–Kier alpha value is -2.82. The molecule has 11 heteroatoms. The van der Waals surface area contributed by atoms with E-state index in [1.54, 1.807) is 13.8 Å². The van der Waals surface area contributed by atoms with Crippen molar-refractivity contribution < 1.29 is 35.9 Å². The standard InChI is InChI=1S/C16H15F3N2O5S/c1-8(2)25-16-13(19)4-9(7-20-16)26-14-6-11(17)10(5-12(14)18)15(22)21-27(3,23)24/h4-8H,1-3H3,(H,21,22). The normalized spacial score (nSPS) is 11.4. The van der Waals surface area contributed by atoms with E-state index in [2.05, 4.69) is 4.98 Å². The molecule has 0 spiro atoms. The third kappa shape index (κ3) is 5.58. The highest BCUT2D eigenvalue weighted by Crippen LogP contribution is 2.29. The van der Waals surface area contributed by atoms with E-state index < -0.39 is 44.7 Å². The number of pyridine rings is 1. The SMILES string of the molecule is CC(C)Oc1ncc(Oc2cc(F)c(C(=O)NS(C)(=O)=O)cc2F)cc1F. The van der Waals surface area contributed by atoms with Crippen LogP contribution in [0.5, 0.6) is 17.4 Å². The molecule has 7 nitrogen and oxygen atoms in total. The maximum atomic E-state index is 14.1. The number of aromatic nitrogens is 1. The van der Waals surface area contributed by atoms with Gasteiger partial charge in [-0.1, -0.05) is 0 Å². The minimum absolute atomic E-state index is 0.241. The molecule has 0 bridgehead atoms. The summed E-state index contributed by atoms with van der Waals surface area (Å²) in [6.45, 7) is 3.34. The van der Waals surface area contributed by atoms with Gasteiger partial charge in [-0.25, -0.2) is 31.3 Å². The summed E-state index contributed by atoms with van der Waals surface area (Å²) in [5.41, 5.74) is -0.838. The topological polar surface area (TPSA) is 94.6 Å². The molecule has 0 saturated carbocycles. The van der Waals surface area contributed by atoms with Gasteiger partial charge in [0, 0.05) is 12.1 Å². The van der Waals surface area contributed by atoms with Gasteiger partial charge in [0.1, 0.15) is 11.6 Å². The van der Waals surface area contributed by atoms with Crippen LogP contribution in [0.15, 0.2) is 24.4 Å². The summed E-state index contributed by atoms with van der Waals surface area (Å²) in [4.78, 5) is 15.3. The smallest absolute Gasteiger partial charge is 0.267 e. The van der Waals surface area contributed by atoms with Crippen LogP contribution in [0.2, 0.25) is 0 Å². The number of nitrogens with one attached hydrogen (secondary N) is 1. The van der Waals surface area contributed by atoms with E-state index in [9.17, 15) is 26.4 Å². The van der Waals surface area contributed by atoms with Crippen LogP contribution in [0.25, 0.3) is 0 Å². The zero-order chi connectivity index (χ0) is 20.4. The van der Waals surface area contributed by atoms with Crippen molar-refractivity contribution in [1.29, 1.82) is 0 Å². The van der Waals surface area contributed by atoms with Crippen LogP contribution in [-0.2, 0) is 10.0 Å². The van der Waals surface area contributed by atoms with Crippen molar-refractivity contribution in [3.63, 3.8) is 0 Å². The molecule has 146 valence electrons. The van der Waals surface area contributed by atoms with Gasteiger partial charge in [0.05, 0.1) is 24.1 Å². The molecular weight excluding hydrogens is 389 g/mol. The van der Waals surface area contributed by atoms with Crippen molar-refractivity contribution in [3.05, 3.63) is 47.4 Å². The predicted octanol–water partition coefficient (Wildman–Crippen LogP) is 2.77. The van der Waals surface area contributed by atoms with Crippen molar-refractivity contribution >= 4 is 15.9 Å². The Kier molecular flexibility index (Phi) is 5.94. The summed E-state index contributed by atoms with van der Waals surface area (Å²) in [5.74, 6) is -5.79. The van der Waals surface area contributed by atoms with Gasteiger partial charge in [-0.15, -0.1) is 0 Å². The zero-order valence-corrected chi connectivity index (χ0v) is 15.2. The Bertz CT molecular complexity index is 980. The molecule has 0 aliphatic carbocycles. The Balaban J connectivity index is 2.26. The lowest BCUT2D eigenvalue weighted by atomic mass is 10.2. The number of rotatable bonds is 6. The van der Waals surface area contributed by atoms with E-state index in [1.807, 2.05) is 0 Å². The molecule has 1 aromatic heterocycles. The fraction of sp³-hybridized carbons (Fsp3) is 0.250. The summed E-state index contributed by atoms with van der Waals surface area (Å²) < 4.78 is 75.7. The van der Waals surface area contributed by atoms with Gasteiger partial charge in [-0.05, 0) is 19.9 Å². The van der Waals surface area contributed by atoms with E-state index in [0.29, 0.717) is 18.4 Å². The van der Waals surface area contributed by atoms with Gasteiger partial charge in [-0.3, -0.25) is 4.79 Å². The Labute approximate surface area is 153 Å². The maximum absolute atomic E-state index is 14.1. The number of carbonyl (C=O) groups is 1. The molecule has 0 saturated heterocycles. The average Bonchev–Trinajstić information content (AvgIpc) is 2.51. The maximum Gasteiger partial charge on any atom is 0.267 e. The summed E-state index contributed by atoms with van der Waals surface area (Å²) >= 11 is 0. The van der Waals surface area contributed by atoms with E-state index in [-0.39, 0.29) is 17.7 Å². The Morgan fingerprint density at radius 1 is 1.11 bits per heavy atom. The highest BCUT2D eigenvalue weighted by Gasteiger charge is 2.20. The molecular formula is C16H15F3N2O5S. The minimum Gasteiger partial charge on any atom is -0.473 e. The molecule has 0 atom stereocenters. The first-order chi connectivity index (χ1) is 12.5. The first-order valence-electron chi connectivity index (χ1n) is 7.47. The van der Waals surface area contributed by atoms with Gasteiger partial charge in [0.2, 0.25) is 10.0 Å². The van der Waals surface area contributed by atoms with Crippen molar-refractivity contribution in [2.45, 2.75) is 20.0 Å². The second kappa shape index (κ2) is 7.82. The molecule has 27 heavy (non-hydrogen) atoms. The fourth-order valence-electron chi connectivity index (χ4n) is 1.90. The summed E-state index contributed by atoms with van der Waals surface area (Å²) in [6.07, 6.45) is 1.41. The molecule has 0 fully saturated rings. The van der Waals surface area contributed by atoms with Gasteiger partial charge in [-0.2, -0.15) is 0 Å². The number of hydrogen-bond donors (Lipinski definition) is 1. The number of carbonyl (C=O) groups excluding carboxylic acids is 1. The third-order valence-electron chi connectivity index (χ3n) is 2.90.